The van der Waals surface area contributed by atoms with Crippen molar-refractivity contribution in [2.45, 2.75) is 13.3 Å². The van der Waals surface area contributed by atoms with Crippen LogP contribution in [0.2, 0.25) is 0 Å². The lowest BCUT2D eigenvalue weighted by Gasteiger charge is -2.29. The molecule has 2 heterocycles. The second-order valence-electron chi connectivity index (χ2n) is 7.75. The normalized spacial score (nSPS) is 16.0. The monoisotopic (exact) mass is 410 g/mol. The molecule has 0 aliphatic carbocycles. The van der Waals surface area contributed by atoms with E-state index >= 15 is 0 Å². The first-order chi connectivity index (χ1) is 15.3. The van der Waals surface area contributed by atoms with Gasteiger partial charge in [0.15, 0.2) is 5.84 Å². The number of aryl methyl sites for hydroxylation is 1. The highest BCUT2D eigenvalue weighted by Crippen LogP contribution is 2.27. The van der Waals surface area contributed by atoms with E-state index in [0.29, 0.717) is 0 Å². The first kappa shape index (κ1) is 19.5. The van der Waals surface area contributed by atoms with Gasteiger partial charge in [0.1, 0.15) is 0 Å². The summed E-state index contributed by atoms with van der Waals surface area (Å²) in [5, 5.41) is 4.78. The smallest absolute Gasteiger partial charge is 0.154 e. The van der Waals surface area contributed by atoms with E-state index < -0.39 is 0 Å². The van der Waals surface area contributed by atoms with Gasteiger partial charge in [0.05, 0.1) is 24.6 Å². The third-order valence-corrected chi connectivity index (χ3v) is 5.82. The van der Waals surface area contributed by atoms with Crippen molar-refractivity contribution in [2.24, 2.45) is 10.1 Å². The van der Waals surface area contributed by atoms with Gasteiger partial charge in [-0.05, 0) is 30.2 Å². The minimum absolute atomic E-state index is 0.759. The van der Waals surface area contributed by atoms with Crippen molar-refractivity contribution < 1.29 is 4.74 Å². The predicted molar refractivity (Wildman–Crippen MR) is 127 cm³/mol. The van der Waals surface area contributed by atoms with Gasteiger partial charge in [-0.2, -0.15) is 5.10 Å². The molecule has 3 aromatic carbocycles. The maximum atomic E-state index is 5.47. The summed E-state index contributed by atoms with van der Waals surface area (Å²) in [5.74, 6) is 0.759. The molecule has 31 heavy (non-hydrogen) atoms. The number of hydrazone groups is 1. The Kier molecular flexibility index (Phi) is 5.50. The van der Waals surface area contributed by atoms with E-state index in [1.54, 1.807) is 0 Å². The molecule has 0 radical (unpaired) electrons. The summed E-state index contributed by atoms with van der Waals surface area (Å²) >= 11 is 0. The summed E-state index contributed by atoms with van der Waals surface area (Å²) in [6, 6.07) is 25.3. The van der Waals surface area contributed by atoms with Gasteiger partial charge in [0, 0.05) is 35.5 Å². The summed E-state index contributed by atoms with van der Waals surface area (Å²) in [4.78, 5) is 7.26. The standard InChI is InChI=1S/C26H26N4O/c1-2-19-7-9-21(10-8-19)26-27-24-6-4-3-5-23(24)25(28-29-26)20-11-13-22(14-12-20)30-15-17-31-18-16-30/h3-14H,2,15-18H2,1H3,(H,27,29). The molecule has 0 unspecified atom stereocenters. The van der Waals surface area contributed by atoms with Gasteiger partial charge in [-0.15, -0.1) is 0 Å². The summed E-state index contributed by atoms with van der Waals surface area (Å²) in [7, 11) is 0. The van der Waals surface area contributed by atoms with Crippen molar-refractivity contribution in [3.63, 3.8) is 0 Å². The van der Waals surface area contributed by atoms with E-state index in [0.717, 1.165) is 66.6 Å². The van der Waals surface area contributed by atoms with Crippen LogP contribution in [0.4, 0.5) is 11.4 Å². The van der Waals surface area contributed by atoms with Crippen LogP contribution in [-0.2, 0) is 11.2 Å². The number of benzene rings is 3. The minimum Gasteiger partial charge on any atom is -0.378 e. The van der Waals surface area contributed by atoms with E-state index in [9.17, 15) is 0 Å². The Labute approximate surface area is 183 Å². The van der Waals surface area contributed by atoms with Crippen LogP contribution in [0.3, 0.4) is 0 Å². The molecule has 1 saturated heterocycles. The molecule has 156 valence electrons. The van der Waals surface area contributed by atoms with E-state index in [4.69, 9.17) is 14.8 Å². The van der Waals surface area contributed by atoms with E-state index in [1.165, 1.54) is 11.3 Å². The number of ether oxygens (including phenoxy) is 1. The van der Waals surface area contributed by atoms with E-state index in [-0.39, 0.29) is 0 Å². The van der Waals surface area contributed by atoms with Crippen molar-refractivity contribution in [1.82, 2.24) is 5.43 Å². The molecule has 5 rings (SSSR count). The van der Waals surface area contributed by atoms with Crippen LogP contribution in [0.25, 0.3) is 0 Å². The maximum absolute atomic E-state index is 5.47. The zero-order valence-electron chi connectivity index (χ0n) is 17.7. The Morgan fingerprint density at radius 1 is 0.871 bits per heavy atom. The predicted octanol–water partition coefficient (Wildman–Crippen LogP) is 4.52. The van der Waals surface area contributed by atoms with Crippen molar-refractivity contribution in [2.75, 3.05) is 31.2 Å². The van der Waals surface area contributed by atoms with E-state index in [1.807, 2.05) is 18.2 Å². The Morgan fingerprint density at radius 3 is 2.32 bits per heavy atom. The Hall–Kier alpha value is -3.44. The molecule has 5 heteroatoms. The summed E-state index contributed by atoms with van der Waals surface area (Å²) < 4.78 is 5.47. The van der Waals surface area contributed by atoms with Crippen molar-refractivity contribution in [3.8, 4) is 0 Å². The fraction of sp³-hybridized carbons (Fsp3) is 0.231. The number of morpholine rings is 1. The average molecular weight is 411 g/mol. The highest BCUT2D eigenvalue weighted by Gasteiger charge is 2.18. The SMILES string of the molecule is CCc1ccc(C2=Nc3ccccc3C(c3ccc(N4CCOCC4)cc3)=NN2)cc1. The molecule has 2 aliphatic heterocycles. The number of amidine groups is 1. The van der Waals surface area contributed by atoms with Gasteiger partial charge < -0.3 is 9.64 Å². The summed E-state index contributed by atoms with van der Waals surface area (Å²) in [6.07, 6.45) is 1.02. The number of hydrogen-bond acceptors (Lipinski definition) is 5. The number of hydrogen-bond donors (Lipinski definition) is 1. The van der Waals surface area contributed by atoms with Crippen LogP contribution in [0.1, 0.15) is 29.2 Å². The Morgan fingerprint density at radius 2 is 1.58 bits per heavy atom. The first-order valence-electron chi connectivity index (χ1n) is 10.9. The zero-order valence-corrected chi connectivity index (χ0v) is 17.7. The van der Waals surface area contributed by atoms with E-state index in [2.05, 4.69) is 71.8 Å². The second-order valence-corrected chi connectivity index (χ2v) is 7.75. The van der Waals surface area contributed by atoms with Crippen molar-refractivity contribution >= 4 is 22.9 Å². The zero-order chi connectivity index (χ0) is 21.0. The van der Waals surface area contributed by atoms with Crippen LogP contribution >= 0.6 is 0 Å². The molecule has 0 aromatic heterocycles. The van der Waals surface area contributed by atoms with Crippen LogP contribution < -0.4 is 10.3 Å². The molecule has 0 amide bonds. The molecule has 0 bridgehead atoms. The topological polar surface area (TPSA) is 49.2 Å². The number of aliphatic imine (C=N–C) groups is 1. The fourth-order valence-electron chi connectivity index (χ4n) is 3.99. The Balaban J connectivity index is 1.48. The van der Waals surface area contributed by atoms with Gasteiger partial charge in [0.2, 0.25) is 0 Å². The third-order valence-electron chi connectivity index (χ3n) is 5.82. The molecule has 0 spiro atoms. The van der Waals surface area contributed by atoms with Crippen LogP contribution in [0.15, 0.2) is 82.9 Å². The lowest BCUT2D eigenvalue weighted by molar-refractivity contribution is 0.122. The third kappa shape index (κ3) is 4.09. The number of fused-ring (bicyclic) bond motifs is 1. The van der Waals surface area contributed by atoms with Gasteiger partial charge in [-0.25, -0.2) is 4.99 Å². The highest BCUT2D eigenvalue weighted by atomic mass is 16.5. The van der Waals surface area contributed by atoms with Gasteiger partial charge in [-0.1, -0.05) is 61.5 Å². The molecular weight excluding hydrogens is 384 g/mol. The first-order valence-corrected chi connectivity index (χ1v) is 10.9. The molecule has 0 atom stereocenters. The molecule has 5 nitrogen and oxygen atoms in total. The molecular formula is C26H26N4O. The number of nitrogens with zero attached hydrogens (tertiary/aromatic N) is 3. The van der Waals surface area contributed by atoms with Crippen LogP contribution in [-0.4, -0.2) is 37.9 Å². The summed E-state index contributed by atoms with van der Waals surface area (Å²) in [5.41, 5.74) is 10.7. The maximum Gasteiger partial charge on any atom is 0.154 e. The lowest BCUT2D eigenvalue weighted by atomic mass is 10.0. The molecule has 1 fully saturated rings. The van der Waals surface area contributed by atoms with Crippen molar-refractivity contribution in [1.29, 1.82) is 0 Å². The number of nitrogens with one attached hydrogen (secondary N) is 1. The number of rotatable bonds is 4. The van der Waals surface area contributed by atoms with Crippen LogP contribution in [0.5, 0.6) is 0 Å². The molecule has 3 aromatic rings. The number of anilines is 1. The lowest BCUT2D eigenvalue weighted by Crippen LogP contribution is -2.36. The van der Waals surface area contributed by atoms with Gasteiger partial charge >= 0.3 is 0 Å². The molecule has 1 N–H and O–H groups in total. The Bertz CT molecular complexity index is 1110. The van der Waals surface area contributed by atoms with Crippen LogP contribution in [0, 0.1) is 0 Å². The molecule has 2 aliphatic rings. The van der Waals surface area contributed by atoms with Crippen molar-refractivity contribution in [3.05, 3.63) is 95.1 Å². The average Bonchev–Trinajstić information content (AvgIpc) is 3.05. The molecule has 0 saturated carbocycles. The summed E-state index contributed by atoms with van der Waals surface area (Å²) in [6.45, 7) is 5.58. The minimum atomic E-state index is 0.759. The number of para-hydroxylation sites is 1. The highest BCUT2D eigenvalue weighted by molar-refractivity contribution is 6.18. The largest absolute Gasteiger partial charge is 0.378 e. The second kappa shape index (κ2) is 8.74. The quantitative estimate of drug-likeness (QED) is 0.688. The van der Waals surface area contributed by atoms with Gasteiger partial charge in [0.25, 0.3) is 0 Å². The fourth-order valence-corrected chi connectivity index (χ4v) is 3.99. The van der Waals surface area contributed by atoms with Gasteiger partial charge in [-0.3, -0.25) is 5.43 Å².